The Balaban J connectivity index is 1.29. The van der Waals surface area contributed by atoms with Crippen LogP contribution in [-0.2, 0) is 0 Å². The Kier molecular flexibility index (Phi) is 5.30. The molecule has 1 saturated carbocycles. The molecule has 5 heteroatoms. The van der Waals surface area contributed by atoms with E-state index in [1.807, 2.05) is 37.3 Å². The molecule has 1 saturated heterocycles. The lowest BCUT2D eigenvalue weighted by Gasteiger charge is -2.36. The number of ether oxygens (including phenoxy) is 1. The molecule has 2 heterocycles. The second-order valence-corrected chi connectivity index (χ2v) is 8.70. The van der Waals surface area contributed by atoms with E-state index < -0.39 is 0 Å². The van der Waals surface area contributed by atoms with Crippen LogP contribution in [0.5, 0.6) is 5.75 Å². The van der Waals surface area contributed by atoms with E-state index in [0.717, 1.165) is 48.8 Å². The van der Waals surface area contributed by atoms with Crippen molar-refractivity contribution in [3.05, 3.63) is 58.4 Å². The Morgan fingerprint density at radius 1 is 1.03 bits per heavy atom. The quantitative estimate of drug-likeness (QED) is 0.687. The molecule has 30 heavy (non-hydrogen) atoms. The first-order valence-corrected chi connectivity index (χ1v) is 11.2. The Morgan fingerprint density at radius 3 is 2.57 bits per heavy atom. The van der Waals surface area contributed by atoms with E-state index in [1.165, 1.54) is 25.7 Å². The summed E-state index contributed by atoms with van der Waals surface area (Å²) in [5.74, 6) is 1.51. The number of nitrogens with zero attached hydrogens (tertiary/aromatic N) is 2. The number of nitrogens with one attached hydrogen (secondary N) is 1. The fourth-order valence-corrected chi connectivity index (χ4v) is 5.01. The van der Waals surface area contributed by atoms with Crippen molar-refractivity contribution < 1.29 is 4.74 Å². The van der Waals surface area contributed by atoms with Gasteiger partial charge >= 0.3 is 0 Å². The van der Waals surface area contributed by atoms with Gasteiger partial charge in [0.1, 0.15) is 17.7 Å². The molecule has 0 atom stereocenters. The molecule has 1 aliphatic carbocycles. The summed E-state index contributed by atoms with van der Waals surface area (Å²) >= 11 is 0. The molecule has 1 aromatic heterocycles. The Labute approximate surface area is 177 Å². The average Bonchev–Trinajstić information content (AvgIpc) is 3.29. The van der Waals surface area contributed by atoms with Crippen LogP contribution in [-0.4, -0.2) is 40.1 Å². The molecule has 156 valence electrons. The van der Waals surface area contributed by atoms with Gasteiger partial charge in [-0.3, -0.25) is 4.79 Å². The van der Waals surface area contributed by atoms with E-state index >= 15 is 0 Å². The maximum atomic E-state index is 12.4. The van der Waals surface area contributed by atoms with Gasteiger partial charge in [0.25, 0.3) is 5.56 Å². The van der Waals surface area contributed by atoms with Crippen molar-refractivity contribution in [2.24, 2.45) is 0 Å². The number of piperidine rings is 1. The van der Waals surface area contributed by atoms with Crippen LogP contribution in [0.25, 0.3) is 22.3 Å². The fraction of sp³-hybridized carbons (Fsp3) is 0.440. The van der Waals surface area contributed by atoms with Crippen LogP contribution in [0.2, 0.25) is 0 Å². The zero-order valence-corrected chi connectivity index (χ0v) is 17.6. The second kappa shape index (κ2) is 8.23. The lowest BCUT2D eigenvalue weighted by Crippen LogP contribution is -2.43. The zero-order valence-electron chi connectivity index (χ0n) is 17.6. The molecule has 5 rings (SSSR count). The van der Waals surface area contributed by atoms with Gasteiger partial charge in [-0.05, 0) is 68.5 Å². The molecule has 0 bridgehead atoms. The van der Waals surface area contributed by atoms with Gasteiger partial charge in [0.05, 0.1) is 10.9 Å². The third-order valence-corrected chi connectivity index (χ3v) is 6.69. The first-order valence-electron chi connectivity index (χ1n) is 11.2. The minimum Gasteiger partial charge on any atom is -0.490 e. The maximum Gasteiger partial charge on any atom is 0.259 e. The number of hydrogen-bond acceptors (Lipinski definition) is 4. The van der Waals surface area contributed by atoms with Crippen LogP contribution in [0.3, 0.4) is 0 Å². The topological polar surface area (TPSA) is 58.2 Å². The number of aryl methyl sites for hydroxylation is 1. The molecular formula is C25H29N3O2. The van der Waals surface area contributed by atoms with Crippen molar-refractivity contribution in [2.45, 2.75) is 57.6 Å². The molecular weight excluding hydrogens is 374 g/mol. The number of H-pyrrole nitrogens is 1. The van der Waals surface area contributed by atoms with E-state index in [9.17, 15) is 4.79 Å². The summed E-state index contributed by atoms with van der Waals surface area (Å²) in [7, 11) is 0. The lowest BCUT2D eigenvalue weighted by atomic mass is 10.0. The summed E-state index contributed by atoms with van der Waals surface area (Å²) in [4.78, 5) is 22.7. The molecule has 2 aromatic carbocycles. The number of aromatic nitrogens is 2. The number of para-hydroxylation sites is 1. The smallest absolute Gasteiger partial charge is 0.259 e. The number of aromatic amines is 1. The SMILES string of the molecule is Cc1cc(OC2CCN(C3CCCC3)CC2)ccc1-c1nc2ccccc2c(=O)[nH]1. The van der Waals surface area contributed by atoms with E-state index in [0.29, 0.717) is 16.7 Å². The molecule has 0 amide bonds. The zero-order chi connectivity index (χ0) is 20.5. The van der Waals surface area contributed by atoms with E-state index in [2.05, 4.69) is 20.9 Å². The van der Waals surface area contributed by atoms with Crippen LogP contribution < -0.4 is 10.3 Å². The molecule has 5 nitrogen and oxygen atoms in total. The van der Waals surface area contributed by atoms with Crippen LogP contribution in [0.4, 0.5) is 0 Å². The lowest BCUT2D eigenvalue weighted by molar-refractivity contribution is 0.0768. The summed E-state index contributed by atoms with van der Waals surface area (Å²) in [6, 6.07) is 14.3. The van der Waals surface area contributed by atoms with E-state index in [4.69, 9.17) is 4.74 Å². The largest absolute Gasteiger partial charge is 0.490 e. The summed E-state index contributed by atoms with van der Waals surface area (Å²) in [5, 5.41) is 0.614. The van der Waals surface area contributed by atoms with Crippen molar-refractivity contribution >= 4 is 10.9 Å². The fourth-order valence-electron chi connectivity index (χ4n) is 5.01. The number of likely N-dealkylation sites (tertiary alicyclic amines) is 1. The highest BCUT2D eigenvalue weighted by molar-refractivity contribution is 5.79. The van der Waals surface area contributed by atoms with Crippen molar-refractivity contribution in [1.82, 2.24) is 14.9 Å². The van der Waals surface area contributed by atoms with Gasteiger partial charge in [-0.25, -0.2) is 4.98 Å². The van der Waals surface area contributed by atoms with E-state index in [1.54, 1.807) is 6.07 Å². The van der Waals surface area contributed by atoms with Gasteiger partial charge in [0, 0.05) is 24.7 Å². The van der Waals surface area contributed by atoms with Crippen LogP contribution >= 0.6 is 0 Å². The maximum absolute atomic E-state index is 12.4. The number of hydrogen-bond donors (Lipinski definition) is 1. The molecule has 0 spiro atoms. The van der Waals surface area contributed by atoms with Gasteiger partial charge in [0.2, 0.25) is 0 Å². The monoisotopic (exact) mass is 403 g/mol. The van der Waals surface area contributed by atoms with Crippen LogP contribution in [0, 0.1) is 6.92 Å². The van der Waals surface area contributed by atoms with Crippen LogP contribution in [0.1, 0.15) is 44.1 Å². The van der Waals surface area contributed by atoms with Gasteiger partial charge in [-0.2, -0.15) is 0 Å². The molecule has 0 unspecified atom stereocenters. The number of fused-ring (bicyclic) bond motifs is 1. The number of rotatable bonds is 4. The van der Waals surface area contributed by atoms with Crippen LogP contribution in [0.15, 0.2) is 47.3 Å². The van der Waals surface area contributed by atoms with Crippen molar-refractivity contribution in [1.29, 1.82) is 0 Å². The molecule has 0 radical (unpaired) electrons. The molecule has 2 fully saturated rings. The minimum absolute atomic E-state index is 0.107. The molecule has 2 aliphatic rings. The molecule has 1 N–H and O–H groups in total. The van der Waals surface area contributed by atoms with Crippen molar-refractivity contribution in [3.8, 4) is 17.1 Å². The summed E-state index contributed by atoms with van der Waals surface area (Å²) in [5.41, 5.74) is 2.59. The second-order valence-electron chi connectivity index (χ2n) is 8.70. The molecule has 1 aliphatic heterocycles. The van der Waals surface area contributed by atoms with Crippen molar-refractivity contribution in [3.63, 3.8) is 0 Å². The minimum atomic E-state index is -0.107. The summed E-state index contributed by atoms with van der Waals surface area (Å²) < 4.78 is 6.31. The number of benzene rings is 2. The third kappa shape index (κ3) is 3.86. The predicted molar refractivity (Wildman–Crippen MR) is 120 cm³/mol. The first kappa shape index (κ1) is 19.3. The van der Waals surface area contributed by atoms with Crippen molar-refractivity contribution in [2.75, 3.05) is 13.1 Å². The van der Waals surface area contributed by atoms with E-state index in [-0.39, 0.29) is 11.7 Å². The third-order valence-electron chi connectivity index (χ3n) is 6.69. The first-order chi connectivity index (χ1) is 14.7. The summed E-state index contributed by atoms with van der Waals surface area (Å²) in [6.07, 6.45) is 8.00. The standard InChI is InChI=1S/C25H29N3O2/c1-17-16-20(30-19-12-14-28(15-13-19)18-6-2-3-7-18)10-11-21(17)24-26-23-9-5-4-8-22(23)25(29)27-24/h4-5,8-11,16,18-19H,2-3,6-7,12-15H2,1H3,(H,26,27,29). The summed E-state index contributed by atoms with van der Waals surface area (Å²) in [6.45, 7) is 4.34. The van der Waals surface area contributed by atoms with Gasteiger partial charge in [0.15, 0.2) is 0 Å². The highest BCUT2D eigenvalue weighted by Gasteiger charge is 2.27. The Hall–Kier alpha value is -2.66. The Bertz CT molecular complexity index is 1090. The highest BCUT2D eigenvalue weighted by Crippen LogP contribution is 2.29. The van der Waals surface area contributed by atoms with Gasteiger partial charge in [-0.1, -0.05) is 25.0 Å². The van der Waals surface area contributed by atoms with Gasteiger partial charge in [-0.15, -0.1) is 0 Å². The normalized spacial score (nSPS) is 18.8. The van der Waals surface area contributed by atoms with Gasteiger partial charge < -0.3 is 14.6 Å². The highest BCUT2D eigenvalue weighted by atomic mass is 16.5. The molecule has 3 aromatic rings. The Morgan fingerprint density at radius 2 is 1.80 bits per heavy atom. The average molecular weight is 404 g/mol. The predicted octanol–water partition coefficient (Wildman–Crippen LogP) is 4.68.